The van der Waals surface area contributed by atoms with Crippen LogP contribution in [-0.2, 0) is 36.9 Å². The highest BCUT2D eigenvalue weighted by Gasteiger charge is 2.49. The highest BCUT2D eigenvalue weighted by molar-refractivity contribution is 7.52. The summed E-state index contributed by atoms with van der Waals surface area (Å²) in [5, 5.41) is 11.2. The van der Waals surface area contributed by atoms with Crippen LogP contribution in [0.1, 0.15) is 18.9 Å². The van der Waals surface area contributed by atoms with Crippen molar-refractivity contribution in [1.29, 1.82) is 0 Å². The van der Waals surface area contributed by atoms with Crippen molar-refractivity contribution in [2.45, 2.75) is 49.4 Å². The maximum atomic E-state index is 13.2. The van der Waals surface area contributed by atoms with Crippen molar-refractivity contribution in [3.63, 3.8) is 0 Å². The number of rotatable bonds is 2. The molecule has 0 amide bonds. The molecule has 0 aliphatic carbocycles. The summed E-state index contributed by atoms with van der Waals surface area (Å²) in [4.78, 5) is 52.4. The van der Waals surface area contributed by atoms with E-state index < -0.39 is 83.5 Å². The number of imidazole rings is 2. The number of ether oxygens (including phenoxy) is 3. The van der Waals surface area contributed by atoms with Crippen LogP contribution in [0.5, 0.6) is 0 Å². The van der Waals surface area contributed by atoms with Crippen LogP contribution in [0.25, 0.3) is 22.3 Å². The first-order valence-corrected chi connectivity index (χ1v) is 16.7. The quantitative estimate of drug-likeness (QED) is 0.144. The molecule has 0 saturated carbocycles. The Labute approximate surface area is 251 Å². The summed E-state index contributed by atoms with van der Waals surface area (Å²) in [6, 6.07) is 1.54. The minimum absolute atomic E-state index is 0.00486. The summed E-state index contributed by atoms with van der Waals surface area (Å²) in [6.45, 7) is -1.12. The van der Waals surface area contributed by atoms with Gasteiger partial charge in [0.25, 0.3) is 5.56 Å². The number of aromatic amines is 1. The zero-order chi connectivity index (χ0) is 31.7. The van der Waals surface area contributed by atoms with Gasteiger partial charge >= 0.3 is 15.4 Å². The molecule has 8 N–H and O–H groups in total. The monoisotopic (exact) mass is 671 g/mol. The summed E-state index contributed by atoms with van der Waals surface area (Å²) in [5.41, 5.74) is 11.9. The average molecular weight is 671 g/mol. The second kappa shape index (κ2) is 11.2. The number of aliphatic hydroxyl groups is 1. The Morgan fingerprint density at radius 1 is 0.956 bits per heavy atom. The lowest BCUT2D eigenvalue weighted by Gasteiger charge is -2.25. The Balaban J connectivity index is 1.18. The smallest absolute Gasteiger partial charge is 0.397 e. The van der Waals surface area contributed by atoms with Crippen LogP contribution in [0.3, 0.4) is 0 Å². The second-order valence-corrected chi connectivity index (χ2v) is 13.7. The molecular formula is C22H27N9O12P2. The summed E-state index contributed by atoms with van der Waals surface area (Å²) >= 11 is 0. The van der Waals surface area contributed by atoms with Gasteiger partial charge in [-0.15, -0.1) is 0 Å². The number of aliphatic hydroxyl groups excluding tert-OH is 1. The Morgan fingerprint density at radius 3 is 2.51 bits per heavy atom. The van der Waals surface area contributed by atoms with Gasteiger partial charge in [-0.1, -0.05) is 0 Å². The summed E-state index contributed by atoms with van der Waals surface area (Å²) in [5.74, 6) is -0.213. The minimum atomic E-state index is -4.88. The van der Waals surface area contributed by atoms with Crippen molar-refractivity contribution < 1.29 is 51.8 Å². The van der Waals surface area contributed by atoms with Gasteiger partial charge in [-0.25, -0.2) is 19.5 Å². The second-order valence-electron chi connectivity index (χ2n) is 10.5. The molecule has 3 aliphatic heterocycles. The maximum absolute atomic E-state index is 13.2. The predicted octanol–water partition coefficient (Wildman–Crippen LogP) is -0.665. The lowest BCUT2D eigenvalue weighted by molar-refractivity contribution is -0.0619. The number of fused-ring (bicyclic) bond motifs is 5. The van der Waals surface area contributed by atoms with Crippen LogP contribution in [0.2, 0.25) is 0 Å². The molecule has 3 saturated heterocycles. The van der Waals surface area contributed by atoms with Crippen molar-refractivity contribution in [2.24, 2.45) is 0 Å². The molecule has 0 spiro atoms. The number of nitrogens with two attached hydrogens (primary N) is 2. The molecule has 0 aromatic carbocycles. The van der Waals surface area contributed by atoms with Gasteiger partial charge in [-0.05, 0) is 6.07 Å². The van der Waals surface area contributed by atoms with E-state index in [1.54, 1.807) is 6.07 Å². The number of H-pyrrole nitrogens is 1. The molecule has 2 bridgehead atoms. The van der Waals surface area contributed by atoms with E-state index in [1.807, 2.05) is 0 Å². The number of phosphoric ester groups is 1. The van der Waals surface area contributed by atoms with E-state index in [0.717, 1.165) is 0 Å². The normalized spacial score (nSPS) is 36.3. The van der Waals surface area contributed by atoms with Gasteiger partial charge in [0.2, 0.25) is 5.95 Å². The third kappa shape index (κ3) is 5.66. The fraction of sp³-hybridized carbons (Fsp3) is 0.500. The minimum Gasteiger partial charge on any atom is -0.397 e. The van der Waals surface area contributed by atoms with Crippen LogP contribution in [-0.4, -0.2) is 99.0 Å². The van der Waals surface area contributed by atoms with Gasteiger partial charge in [-0.2, -0.15) is 4.98 Å². The number of phosphoric acid groups is 1. The van der Waals surface area contributed by atoms with E-state index >= 15 is 0 Å². The summed E-state index contributed by atoms with van der Waals surface area (Å²) in [7, 11) is -9.34. The van der Waals surface area contributed by atoms with E-state index in [-0.39, 0.29) is 29.2 Å². The van der Waals surface area contributed by atoms with E-state index in [1.165, 1.54) is 28.0 Å². The molecule has 4 unspecified atom stereocenters. The first kappa shape index (κ1) is 30.3. The molecule has 7 heterocycles. The molecule has 3 aliphatic rings. The Morgan fingerprint density at radius 2 is 1.71 bits per heavy atom. The predicted molar refractivity (Wildman–Crippen MR) is 149 cm³/mol. The van der Waals surface area contributed by atoms with Crippen LogP contribution >= 0.6 is 15.4 Å². The van der Waals surface area contributed by atoms with Gasteiger partial charge in [0.05, 0.1) is 37.7 Å². The standard InChI is InChI=1S/C22H27N9O12P2/c23-10-1-2-25-17-13(10)26-6-30(17)21-15(32)16-12(42-21)5-40-45(36,37)43-11-3-9(4-39-44(34,35)8-38-16)41-20(11)31-7-27-14-18(31)28-22(24)29-19(14)33/h1-2,6-7,9,11-12,15-16,20-21,32H,3-5,8H2,(H2,23,25)(H,34,35)(H,36,37)(H3,24,28,29,33)/t9-,11?,12+,15?,16-,20+,21+/m0/s1. The third-order valence-corrected chi connectivity index (χ3v) is 9.55. The largest absolute Gasteiger partial charge is 0.472 e. The lowest BCUT2D eigenvalue weighted by atomic mass is 10.1. The first-order chi connectivity index (χ1) is 21.4. The van der Waals surface area contributed by atoms with Crippen molar-refractivity contribution >= 4 is 49.4 Å². The molecule has 7 rings (SSSR count). The SMILES string of the molecule is Nc1nc2c(ncn2[C@@H]2O[C@@H]3COP(=O)(O)CO[C@@H]4C(O)[C@H](n5cnc6c(N)ccnc65)O[C@@H]4COP(=O)(O)OC2C3)c(=O)[nH]1. The van der Waals surface area contributed by atoms with Crippen LogP contribution in [0.4, 0.5) is 11.6 Å². The lowest BCUT2D eigenvalue weighted by Crippen LogP contribution is -2.37. The Hall–Kier alpha value is -3.33. The molecule has 242 valence electrons. The molecule has 0 radical (unpaired) electrons. The first-order valence-electron chi connectivity index (χ1n) is 13.4. The molecule has 9 atom stereocenters. The van der Waals surface area contributed by atoms with E-state index in [4.69, 9.17) is 39.2 Å². The number of nitrogen functional groups attached to an aromatic ring is 2. The van der Waals surface area contributed by atoms with Crippen LogP contribution in [0, 0.1) is 0 Å². The molecule has 4 aromatic heterocycles. The Kier molecular flexibility index (Phi) is 7.53. The number of anilines is 2. The van der Waals surface area contributed by atoms with E-state index in [9.17, 15) is 28.8 Å². The summed E-state index contributed by atoms with van der Waals surface area (Å²) in [6.07, 6.45) is -5.67. The van der Waals surface area contributed by atoms with Crippen LogP contribution < -0.4 is 17.0 Å². The highest BCUT2D eigenvalue weighted by atomic mass is 31.2. The van der Waals surface area contributed by atoms with E-state index in [0.29, 0.717) is 11.2 Å². The number of pyridine rings is 1. The molecule has 3 fully saturated rings. The van der Waals surface area contributed by atoms with Crippen molar-refractivity contribution in [2.75, 3.05) is 31.0 Å². The highest BCUT2D eigenvalue weighted by Crippen LogP contribution is 2.51. The number of hydrogen-bond donors (Lipinski definition) is 6. The summed E-state index contributed by atoms with van der Waals surface area (Å²) < 4.78 is 62.4. The number of nitrogens with zero attached hydrogens (tertiary/aromatic N) is 6. The van der Waals surface area contributed by atoms with Gasteiger partial charge in [0.15, 0.2) is 29.3 Å². The van der Waals surface area contributed by atoms with Crippen LogP contribution in [0.15, 0.2) is 29.7 Å². The van der Waals surface area contributed by atoms with Gasteiger partial charge in [0, 0.05) is 12.6 Å². The zero-order valence-corrected chi connectivity index (χ0v) is 24.7. The maximum Gasteiger partial charge on any atom is 0.472 e. The fourth-order valence-corrected chi connectivity index (χ4v) is 7.27. The van der Waals surface area contributed by atoms with Crippen molar-refractivity contribution in [3.8, 4) is 0 Å². The van der Waals surface area contributed by atoms with Gasteiger partial charge < -0.3 is 45.1 Å². The molecule has 23 heteroatoms. The topological polar surface area (TPSA) is 297 Å². The van der Waals surface area contributed by atoms with E-state index in [2.05, 4.69) is 24.9 Å². The van der Waals surface area contributed by atoms with Crippen molar-refractivity contribution in [1.82, 2.24) is 34.1 Å². The zero-order valence-electron chi connectivity index (χ0n) is 22.9. The molecule has 21 nitrogen and oxygen atoms in total. The molecule has 4 aromatic rings. The van der Waals surface area contributed by atoms with Gasteiger partial charge in [-0.3, -0.25) is 32.5 Å². The average Bonchev–Trinajstić information content (AvgIpc) is 3.74. The number of aromatic nitrogens is 7. The fourth-order valence-electron chi connectivity index (χ4n) is 5.51. The molecule has 45 heavy (non-hydrogen) atoms. The number of nitrogens with one attached hydrogen (secondary N) is 1. The Bertz CT molecular complexity index is 1920. The van der Waals surface area contributed by atoms with Gasteiger partial charge in [0.1, 0.15) is 36.3 Å². The van der Waals surface area contributed by atoms with Crippen molar-refractivity contribution in [3.05, 3.63) is 35.3 Å². The molecular weight excluding hydrogens is 644 g/mol. The third-order valence-electron chi connectivity index (χ3n) is 7.51. The number of hydrogen-bond acceptors (Lipinski definition) is 16.